The first-order valence-corrected chi connectivity index (χ1v) is 6.23. The van der Waals surface area contributed by atoms with Gasteiger partial charge in [0.1, 0.15) is 5.82 Å². The van der Waals surface area contributed by atoms with E-state index in [2.05, 4.69) is 15.0 Å². The molecule has 5 nitrogen and oxygen atoms in total. The average molecular weight is 250 g/mol. The number of thiophene rings is 1. The summed E-state index contributed by atoms with van der Waals surface area (Å²) >= 11 is 1.66. The third-order valence-electron chi connectivity index (χ3n) is 2.42. The van der Waals surface area contributed by atoms with Crippen LogP contribution in [0.2, 0.25) is 0 Å². The number of hydrogen-bond acceptors (Lipinski definition) is 4. The minimum absolute atomic E-state index is 0.136. The summed E-state index contributed by atoms with van der Waals surface area (Å²) in [5, 5.41) is 2.02. The van der Waals surface area contributed by atoms with E-state index in [0.29, 0.717) is 6.42 Å². The highest BCUT2D eigenvalue weighted by Crippen LogP contribution is 2.22. The Morgan fingerprint density at radius 1 is 1.59 bits per heavy atom. The van der Waals surface area contributed by atoms with Crippen LogP contribution in [-0.4, -0.2) is 15.5 Å². The van der Waals surface area contributed by atoms with E-state index < -0.39 is 0 Å². The average Bonchev–Trinajstić information content (AvgIpc) is 2.98. The Labute approximate surface area is 103 Å². The van der Waals surface area contributed by atoms with Gasteiger partial charge in [-0.15, -0.1) is 11.3 Å². The van der Waals surface area contributed by atoms with Crippen molar-refractivity contribution in [2.24, 2.45) is 5.84 Å². The van der Waals surface area contributed by atoms with Crippen LogP contribution in [-0.2, 0) is 11.3 Å². The van der Waals surface area contributed by atoms with Gasteiger partial charge >= 0.3 is 0 Å². The summed E-state index contributed by atoms with van der Waals surface area (Å²) in [6.45, 7) is 0.765. The van der Waals surface area contributed by atoms with Crippen LogP contribution in [0.5, 0.6) is 0 Å². The summed E-state index contributed by atoms with van der Waals surface area (Å²) in [5.74, 6) is 5.84. The van der Waals surface area contributed by atoms with Crippen LogP contribution in [0.1, 0.15) is 12.8 Å². The number of carbonyl (C=O) groups excluding carboxylic acids is 1. The zero-order valence-corrected chi connectivity index (χ0v) is 10.1. The fraction of sp³-hybridized carbons (Fsp3) is 0.273. The van der Waals surface area contributed by atoms with Gasteiger partial charge in [0, 0.05) is 25.4 Å². The van der Waals surface area contributed by atoms with Gasteiger partial charge in [0.2, 0.25) is 5.91 Å². The molecule has 0 aliphatic heterocycles. The second-order valence-electron chi connectivity index (χ2n) is 3.59. The number of aromatic nitrogens is 2. The molecule has 1 amide bonds. The molecule has 6 heteroatoms. The number of aryl methyl sites for hydroxylation is 1. The molecule has 2 aromatic rings. The number of nitrogens with two attached hydrogens (primary N) is 1. The number of imidazole rings is 1. The molecule has 0 fully saturated rings. The molecule has 0 saturated heterocycles. The van der Waals surface area contributed by atoms with Gasteiger partial charge in [-0.1, -0.05) is 6.07 Å². The fourth-order valence-electron chi connectivity index (χ4n) is 1.60. The Kier molecular flexibility index (Phi) is 3.89. The molecule has 3 N–H and O–H groups in total. The summed E-state index contributed by atoms with van der Waals surface area (Å²) in [6.07, 6.45) is 4.88. The lowest BCUT2D eigenvalue weighted by Crippen LogP contribution is -2.29. The number of carbonyl (C=O) groups is 1. The predicted molar refractivity (Wildman–Crippen MR) is 67.1 cm³/mol. The highest BCUT2D eigenvalue weighted by atomic mass is 32.1. The third kappa shape index (κ3) is 2.92. The van der Waals surface area contributed by atoms with Crippen molar-refractivity contribution in [3.05, 3.63) is 29.9 Å². The zero-order chi connectivity index (χ0) is 12.1. The molecule has 2 aromatic heterocycles. The third-order valence-corrected chi connectivity index (χ3v) is 3.29. The van der Waals surface area contributed by atoms with Gasteiger partial charge in [-0.3, -0.25) is 10.2 Å². The molecule has 0 aliphatic rings. The minimum Gasteiger partial charge on any atom is -0.330 e. The maximum atomic E-state index is 11.0. The molecule has 0 unspecified atom stereocenters. The number of amides is 1. The molecule has 2 rings (SSSR count). The summed E-state index contributed by atoms with van der Waals surface area (Å²) < 4.78 is 2.05. The lowest BCUT2D eigenvalue weighted by atomic mass is 10.3. The molecule has 0 spiro atoms. The van der Waals surface area contributed by atoms with Gasteiger partial charge in [-0.2, -0.15) is 0 Å². The smallest absolute Gasteiger partial charge is 0.233 e. The normalized spacial score (nSPS) is 10.4. The standard InChI is InChI=1S/C11H14N4OS/c12-14-10(16)4-1-6-15-7-5-13-11(15)9-3-2-8-17-9/h2-3,5,7-8H,1,4,6,12H2,(H,14,16). The van der Waals surface area contributed by atoms with E-state index in [1.54, 1.807) is 17.5 Å². The van der Waals surface area contributed by atoms with E-state index in [0.717, 1.165) is 23.7 Å². The van der Waals surface area contributed by atoms with Gasteiger partial charge in [0.15, 0.2) is 0 Å². The number of rotatable bonds is 5. The van der Waals surface area contributed by atoms with E-state index in [1.165, 1.54) is 0 Å². The fourth-order valence-corrected chi connectivity index (χ4v) is 2.34. The van der Waals surface area contributed by atoms with Gasteiger partial charge in [0.25, 0.3) is 0 Å². The van der Waals surface area contributed by atoms with Crippen molar-refractivity contribution in [1.82, 2.24) is 15.0 Å². The Hall–Kier alpha value is -1.66. The zero-order valence-electron chi connectivity index (χ0n) is 9.30. The van der Waals surface area contributed by atoms with E-state index in [1.807, 2.05) is 23.7 Å². The molecule has 0 bridgehead atoms. The van der Waals surface area contributed by atoms with Gasteiger partial charge in [0.05, 0.1) is 4.88 Å². The molecule has 0 aliphatic carbocycles. The number of nitrogens with one attached hydrogen (secondary N) is 1. The van der Waals surface area contributed by atoms with Crippen LogP contribution in [0.15, 0.2) is 29.9 Å². The van der Waals surface area contributed by atoms with Gasteiger partial charge in [-0.05, 0) is 17.9 Å². The molecule has 0 saturated carbocycles. The summed E-state index contributed by atoms with van der Waals surface area (Å²) in [6, 6.07) is 4.04. The molecule has 0 radical (unpaired) electrons. The number of hydrazine groups is 1. The van der Waals surface area contributed by atoms with Crippen LogP contribution >= 0.6 is 11.3 Å². The SMILES string of the molecule is NNC(=O)CCCn1ccnc1-c1cccs1. The van der Waals surface area contributed by atoms with E-state index >= 15 is 0 Å². The monoisotopic (exact) mass is 250 g/mol. The quantitative estimate of drug-likeness (QED) is 0.478. The Bertz CT molecular complexity index is 477. The summed E-state index contributed by atoms with van der Waals surface area (Å²) in [7, 11) is 0. The van der Waals surface area contributed by atoms with Gasteiger partial charge in [-0.25, -0.2) is 10.8 Å². The maximum absolute atomic E-state index is 11.0. The minimum atomic E-state index is -0.136. The Morgan fingerprint density at radius 3 is 3.18 bits per heavy atom. The second-order valence-corrected chi connectivity index (χ2v) is 4.54. The Morgan fingerprint density at radius 2 is 2.47 bits per heavy atom. The van der Waals surface area contributed by atoms with Crippen molar-refractivity contribution in [1.29, 1.82) is 0 Å². The van der Waals surface area contributed by atoms with Crippen molar-refractivity contribution in [3.63, 3.8) is 0 Å². The van der Waals surface area contributed by atoms with E-state index in [9.17, 15) is 4.79 Å². The summed E-state index contributed by atoms with van der Waals surface area (Å²) in [4.78, 5) is 16.5. The van der Waals surface area contributed by atoms with Crippen molar-refractivity contribution in [2.45, 2.75) is 19.4 Å². The predicted octanol–water partition coefficient (Wildman–Crippen LogP) is 1.38. The molecule has 0 atom stereocenters. The van der Waals surface area contributed by atoms with E-state index in [4.69, 9.17) is 5.84 Å². The lowest BCUT2D eigenvalue weighted by Gasteiger charge is -2.05. The van der Waals surface area contributed by atoms with Crippen LogP contribution < -0.4 is 11.3 Å². The molecular weight excluding hydrogens is 236 g/mol. The topological polar surface area (TPSA) is 72.9 Å². The van der Waals surface area contributed by atoms with Crippen molar-refractivity contribution in [2.75, 3.05) is 0 Å². The first kappa shape index (κ1) is 11.8. The Balaban J connectivity index is 1.98. The van der Waals surface area contributed by atoms with Crippen molar-refractivity contribution in [3.8, 4) is 10.7 Å². The molecule has 2 heterocycles. The maximum Gasteiger partial charge on any atom is 0.233 e. The van der Waals surface area contributed by atoms with Crippen LogP contribution in [0.3, 0.4) is 0 Å². The summed E-state index contributed by atoms with van der Waals surface area (Å²) in [5.41, 5.74) is 2.13. The van der Waals surface area contributed by atoms with Crippen molar-refractivity contribution >= 4 is 17.2 Å². The van der Waals surface area contributed by atoms with Gasteiger partial charge < -0.3 is 4.57 Å². The van der Waals surface area contributed by atoms with Crippen LogP contribution in [0.4, 0.5) is 0 Å². The molecule has 0 aromatic carbocycles. The number of hydrogen-bond donors (Lipinski definition) is 2. The first-order chi connectivity index (χ1) is 8.31. The number of nitrogens with zero attached hydrogens (tertiary/aromatic N) is 2. The largest absolute Gasteiger partial charge is 0.330 e. The van der Waals surface area contributed by atoms with Crippen LogP contribution in [0.25, 0.3) is 10.7 Å². The highest BCUT2D eigenvalue weighted by Gasteiger charge is 2.07. The highest BCUT2D eigenvalue weighted by molar-refractivity contribution is 7.13. The van der Waals surface area contributed by atoms with Crippen LogP contribution in [0, 0.1) is 0 Å². The first-order valence-electron chi connectivity index (χ1n) is 5.35. The molecular formula is C11H14N4OS. The van der Waals surface area contributed by atoms with E-state index in [-0.39, 0.29) is 5.91 Å². The second kappa shape index (κ2) is 5.60. The molecule has 90 valence electrons. The van der Waals surface area contributed by atoms with Crippen molar-refractivity contribution < 1.29 is 4.79 Å². The molecule has 17 heavy (non-hydrogen) atoms. The lowest BCUT2D eigenvalue weighted by molar-refractivity contribution is -0.121.